The molecule has 2 aliphatic rings. The third-order valence-corrected chi connectivity index (χ3v) is 5.46. The molecule has 3 rings (SSSR count). The Kier molecular flexibility index (Phi) is 4.40. The maximum atomic E-state index is 13.2. The zero-order chi connectivity index (χ0) is 13.9. The highest BCUT2D eigenvalue weighted by Gasteiger charge is 2.34. The molecule has 0 spiro atoms. The fraction of sp³-hybridized carbons (Fsp3) is 0.667. The molecule has 1 aromatic carbocycles. The Bertz CT molecular complexity index is 445. The van der Waals surface area contributed by atoms with Gasteiger partial charge >= 0.3 is 0 Å². The lowest BCUT2D eigenvalue weighted by Crippen LogP contribution is -2.34. The summed E-state index contributed by atoms with van der Waals surface area (Å²) in [4.78, 5) is 0. The van der Waals surface area contributed by atoms with Gasteiger partial charge in [-0.3, -0.25) is 0 Å². The molecular formula is C18H25FO. The van der Waals surface area contributed by atoms with Crippen LogP contribution >= 0.6 is 0 Å². The van der Waals surface area contributed by atoms with Crippen molar-refractivity contribution < 1.29 is 9.50 Å². The first-order chi connectivity index (χ1) is 9.72. The van der Waals surface area contributed by atoms with Crippen LogP contribution in [0.3, 0.4) is 0 Å². The maximum absolute atomic E-state index is 13.2. The minimum atomic E-state index is -0.306. The first-order valence-corrected chi connectivity index (χ1v) is 8.15. The predicted molar refractivity (Wildman–Crippen MR) is 78.9 cm³/mol. The van der Waals surface area contributed by atoms with Crippen LogP contribution in [0, 0.1) is 23.6 Å². The summed E-state index contributed by atoms with van der Waals surface area (Å²) in [6.45, 7) is 0. The van der Waals surface area contributed by atoms with Gasteiger partial charge in [0.05, 0.1) is 6.10 Å². The highest BCUT2D eigenvalue weighted by Crippen LogP contribution is 2.43. The first kappa shape index (κ1) is 14.1. The fourth-order valence-corrected chi connectivity index (χ4v) is 4.33. The van der Waals surface area contributed by atoms with E-state index in [1.54, 1.807) is 12.1 Å². The van der Waals surface area contributed by atoms with Crippen molar-refractivity contribution in [3.05, 3.63) is 35.6 Å². The summed E-state index contributed by atoms with van der Waals surface area (Å²) in [6.07, 6.45) is 9.44. The second-order valence-electron chi connectivity index (χ2n) is 6.78. The Morgan fingerprint density at radius 3 is 2.70 bits per heavy atom. The molecule has 0 aromatic heterocycles. The molecule has 2 fully saturated rings. The quantitative estimate of drug-likeness (QED) is 0.871. The van der Waals surface area contributed by atoms with E-state index in [0.717, 1.165) is 23.8 Å². The molecule has 0 bridgehead atoms. The smallest absolute Gasteiger partial charge is 0.123 e. The van der Waals surface area contributed by atoms with Gasteiger partial charge in [0.1, 0.15) is 5.82 Å². The van der Waals surface area contributed by atoms with Gasteiger partial charge in [-0.05, 0) is 61.1 Å². The average Bonchev–Trinajstić information content (AvgIpc) is 2.47. The van der Waals surface area contributed by atoms with Crippen LogP contribution in [0.25, 0.3) is 0 Å². The number of rotatable bonds is 3. The molecule has 1 aromatic rings. The molecular weight excluding hydrogens is 251 g/mol. The van der Waals surface area contributed by atoms with E-state index in [9.17, 15) is 9.50 Å². The van der Waals surface area contributed by atoms with Crippen molar-refractivity contribution in [3.8, 4) is 0 Å². The standard InChI is InChI=1S/C18H25FO/c19-17-7-3-4-13(10-17)11-18(20)16-9-8-14-5-1-2-6-15(14)12-16/h3-4,7,10,14-16,18,20H,1-2,5-6,8-9,11-12H2. The highest BCUT2D eigenvalue weighted by molar-refractivity contribution is 5.17. The van der Waals surface area contributed by atoms with Crippen molar-refractivity contribution in [1.82, 2.24) is 0 Å². The van der Waals surface area contributed by atoms with Crippen molar-refractivity contribution in [2.24, 2.45) is 17.8 Å². The van der Waals surface area contributed by atoms with Crippen LogP contribution in [0.2, 0.25) is 0 Å². The molecule has 2 heteroatoms. The zero-order valence-electron chi connectivity index (χ0n) is 12.1. The molecule has 0 heterocycles. The highest BCUT2D eigenvalue weighted by atomic mass is 19.1. The Labute approximate surface area is 121 Å². The minimum Gasteiger partial charge on any atom is -0.392 e. The average molecular weight is 276 g/mol. The normalized spacial score (nSPS) is 31.6. The molecule has 1 N–H and O–H groups in total. The summed E-state index contributed by atoms with van der Waals surface area (Å²) in [5.41, 5.74) is 0.920. The molecule has 1 nitrogen and oxygen atoms in total. The van der Waals surface area contributed by atoms with Gasteiger partial charge in [0.25, 0.3) is 0 Å². The van der Waals surface area contributed by atoms with E-state index in [4.69, 9.17) is 0 Å². The largest absolute Gasteiger partial charge is 0.392 e. The third-order valence-electron chi connectivity index (χ3n) is 5.46. The Morgan fingerprint density at radius 2 is 1.90 bits per heavy atom. The fourth-order valence-electron chi connectivity index (χ4n) is 4.33. The van der Waals surface area contributed by atoms with Gasteiger partial charge in [-0.2, -0.15) is 0 Å². The summed E-state index contributed by atoms with van der Waals surface area (Å²) in [5.74, 6) is 1.97. The van der Waals surface area contributed by atoms with Crippen LogP contribution in [-0.4, -0.2) is 11.2 Å². The van der Waals surface area contributed by atoms with Gasteiger partial charge in [0.2, 0.25) is 0 Å². The summed E-state index contributed by atoms with van der Waals surface area (Å²) >= 11 is 0. The number of benzene rings is 1. The second kappa shape index (κ2) is 6.26. The number of halogens is 1. The second-order valence-corrected chi connectivity index (χ2v) is 6.78. The van der Waals surface area contributed by atoms with Gasteiger partial charge in [-0.15, -0.1) is 0 Å². The first-order valence-electron chi connectivity index (χ1n) is 8.15. The molecule has 4 unspecified atom stereocenters. The SMILES string of the molecule is OC(Cc1cccc(F)c1)C1CCC2CCCCC2C1. The number of hydrogen-bond acceptors (Lipinski definition) is 1. The molecule has 0 radical (unpaired) electrons. The molecule has 4 atom stereocenters. The van der Waals surface area contributed by atoms with Crippen molar-refractivity contribution in [3.63, 3.8) is 0 Å². The molecule has 20 heavy (non-hydrogen) atoms. The van der Waals surface area contributed by atoms with E-state index in [-0.39, 0.29) is 11.9 Å². The maximum Gasteiger partial charge on any atom is 0.123 e. The van der Waals surface area contributed by atoms with E-state index in [0.29, 0.717) is 12.3 Å². The minimum absolute atomic E-state index is 0.203. The molecule has 0 aliphatic heterocycles. The van der Waals surface area contributed by atoms with E-state index in [2.05, 4.69) is 0 Å². The van der Waals surface area contributed by atoms with E-state index < -0.39 is 0 Å². The van der Waals surface area contributed by atoms with Crippen LogP contribution in [0.1, 0.15) is 50.5 Å². The molecule has 0 amide bonds. The third kappa shape index (κ3) is 3.22. The van der Waals surface area contributed by atoms with E-state index in [1.807, 2.05) is 6.07 Å². The Balaban J connectivity index is 1.58. The van der Waals surface area contributed by atoms with Crippen molar-refractivity contribution >= 4 is 0 Å². The number of hydrogen-bond donors (Lipinski definition) is 1. The molecule has 110 valence electrons. The van der Waals surface area contributed by atoms with Crippen molar-refractivity contribution in [2.75, 3.05) is 0 Å². The Morgan fingerprint density at radius 1 is 1.10 bits per heavy atom. The summed E-state index contributed by atoms with van der Waals surface area (Å²) in [7, 11) is 0. The number of aliphatic hydroxyl groups excluding tert-OH is 1. The van der Waals surface area contributed by atoms with Crippen LogP contribution in [0.5, 0.6) is 0 Å². The van der Waals surface area contributed by atoms with Crippen LogP contribution in [-0.2, 0) is 6.42 Å². The van der Waals surface area contributed by atoms with E-state index >= 15 is 0 Å². The lowest BCUT2D eigenvalue weighted by molar-refractivity contribution is 0.0360. The lowest BCUT2D eigenvalue weighted by Gasteiger charge is -2.40. The molecule has 0 saturated heterocycles. The van der Waals surface area contributed by atoms with Crippen molar-refractivity contribution in [1.29, 1.82) is 0 Å². The Hall–Kier alpha value is -0.890. The van der Waals surface area contributed by atoms with Gasteiger partial charge in [0.15, 0.2) is 0 Å². The summed E-state index contributed by atoms with van der Waals surface area (Å²) < 4.78 is 13.2. The topological polar surface area (TPSA) is 20.2 Å². The number of aliphatic hydroxyl groups is 1. The lowest BCUT2D eigenvalue weighted by atomic mass is 9.66. The summed E-state index contributed by atoms with van der Waals surface area (Å²) in [5, 5.41) is 10.5. The van der Waals surface area contributed by atoms with Crippen molar-refractivity contribution in [2.45, 2.75) is 57.5 Å². The van der Waals surface area contributed by atoms with Crippen LogP contribution < -0.4 is 0 Å². The van der Waals surface area contributed by atoms with Gasteiger partial charge in [-0.1, -0.05) is 37.8 Å². The monoisotopic (exact) mass is 276 g/mol. The van der Waals surface area contributed by atoms with Crippen LogP contribution in [0.4, 0.5) is 4.39 Å². The number of fused-ring (bicyclic) bond motifs is 1. The van der Waals surface area contributed by atoms with Gasteiger partial charge in [-0.25, -0.2) is 4.39 Å². The molecule has 2 aliphatic carbocycles. The van der Waals surface area contributed by atoms with Gasteiger partial charge < -0.3 is 5.11 Å². The summed E-state index contributed by atoms with van der Waals surface area (Å²) in [6, 6.07) is 6.66. The predicted octanol–water partition coefficient (Wildman–Crippen LogP) is 4.34. The van der Waals surface area contributed by atoms with Gasteiger partial charge in [0, 0.05) is 0 Å². The molecule has 2 saturated carbocycles. The zero-order valence-corrected chi connectivity index (χ0v) is 12.1. The van der Waals surface area contributed by atoms with Crippen LogP contribution in [0.15, 0.2) is 24.3 Å². The van der Waals surface area contributed by atoms with E-state index in [1.165, 1.54) is 44.6 Å².